The third kappa shape index (κ3) is 5.67. The normalized spacial score (nSPS) is 33.0. The van der Waals surface area contributed by atoms with Crippen LogP contribution in [0.5, 0.6) is 28.7 Å². The molecule has 3 heterocycles. The molecule has 0 amide bonds. The SMILES string of the molecule is C[C@H]1O[C@@H](OC[C@H]2O[C@H](Oc3c(-c4ccc(O)c(O)c4)oc4cc(O)cc(O)c4c3=O)[C@@H](O)[C@H](O)[C@@H]2O)[C@@H](O)[C@@H](O)[C@H]1O. The fraction of sp³-hybridized carbons (Fsp3) is 0.444. The summed E-state index contributed by atoms with van der Waals surface area (Å²) in [7, 11) is 0. The van der Waals surface area contributed by atoms with Gasteiger partial charge in [0.2, 0.25) is 17.5 Å². The van der Waals surface area contributed by atoms with Crippen LogP contribution in [0.25, 0.3) is 22.3 Å². The lowest BCUT2D eigenvalue weighted by Gasteiger charge is -2.42. The first kappa shape index (κ1) is 30.7. The molecule has 2 saturated heterocycles. The van der Waals surface area contributed by atoms with Crippen molar-refractivity contribution >= 4 is 11.0 Å². The number of hydrogen-bond donors (Lipinski definition) is 10. The number of aliphatic hydroxyl groups is 6. The van der Waals surface area contributed by atoms with Gasteiger partial charge in [0.15, 0.2) is 23.5 Å². The molecule has 16 nitrogen and oxygen atoms in total. The van der Waals surface area contributed by atoms with Crippen LogP contribution < -0.4 is 10.2 Å². The quantitative estimate of drug-likeness (QED) is 0.140. The Kier molecular flexibility index (Phi) is 8.41. The van der Waals surface area contributed by atoms with Crippen LogP contribution in [0.1, 0.15) is 6.92 Å². The van der Waals surface area contributed by atoms with Crippen molar-refractivity contribution in [1.82, 2.24) is 0 Å². The van der Waals surface area contributed by atoms with E-state index in [2.05, 4.69) is 0 Å². The van der Waals surface area contributed by atoms with Gasteiger partial charge < -0.3 is 74.4 Å². The van der Waals surface area contributed by atoms with Gasteiger partial charge in [-0.25, -0.2) is 0 Å². The fourth-order valence-corrected chi connectivity index (χ4v) is 4.84. The minimum absolute atomic E-state index is 0.0313. The van der Waals surface area contributed by atoms with Gasteiger partial charge in [-0.05, 0) is 25.1 Å². The third-order valence-electron chi connectivity index (χ3n) is 7.29. The molecule has 0 bridgehead atoms. The second-order valence-corrected chi connectivity index (χ2v) is 10.3. The summed E-state index contributed by atoms with van der Waals surface area (Å²) in [4.78, 5) is 13.6. The number of aliphatic hydroxyl groups excluding tert-OH is 6. The van der Waals surface area contributed by atoms with Crippen molar-refractivity contribution in [2.75, 3.05) is 6.61 Å². The molecule has 2 aliphatic heterocycles. The number of rotatable bonds is 6. The Bertz CT molecular complexity index is 1540. The molecule has 16 heteroatoms. The highest BCUT2D eigenvalue weighted by molar-refractivity contribution is 5.88. The monoisotopic (exact) mass is 610 g/mol. The van der Waals surface area contributed by atoms with Crippen LogP contribution in [-0.2, 0) is 14.2 Å². The minimum atomic E-state index is -1.97. The van der Waals surface area contributed by atoms with Crippen LogP contribution in [0.15, 0.2) is 39.5 Å². The predicted octanol–water partition coefficient (Wildman–Crippen LogP) is -1.69. The lowest BCUT2D eigenvalue weighted by Crippen LogP contribution is -2.61. The van der Waals surface area contributed by atoms with Crippen LogP contribution in [-0.4, -0.2) is 119 Å². The molecule has 43 heavy (non-hydrogen) atoms. The summed E-state index contributed by atoms with van der Waals surface area (Å²) >= 11 is 0. The molecule has 0 radical (unpaired) electrons. The molecule has 5 rings (SSSR count). The van der Waals surface area contributed by atoms with Crippen LogP contribution in [0.3, 0.4) is 0 Å². The Labute approximate surface area is 241 Å². The zero-order chi connectivity index (χ0) is 31.3. The Hall–Kier alpha value is -3.71. The fourth-order valence-electron chi connectivity index (χ4n) is 4.84. The number of hydrogen-bond acceptors (Lipinski definition) is 16. The van der Waals surface area contributed by atoms with Gasteiger partial charge in [0.05, 0.1) is 12.7 Å². The summed E-state index contributed by atoms with van der Waals surface area (Å²) in [6, 6.07) is 5.24. The largest absolute Gasteiger partial charge is 0.508 e. The molecule has 2 aromatic carbocycles. The number of phenolic OH excluding ortho intramolecular Hbond substituents is 4. The molecular formula is C27H30O16. The summed E-state index contributed by atoms with van der Waals surface area (Å²) in [5.74, 6) is -3.33. The van der Waals surface area contributed by atoms with Crippen molar-refractivity contribution in [3.05, 3.63) is 40.6 Å². The third-order valence-corrected chi connectivity index (χ3v) is 7.29. The van der Waals surface area contributed by atoms with Crippen molar-refractivity contribution in [1.29, 1.82) is 0 Å². The highest BCUT2D eigenvalue weighted by Crippen LogP contribution is 2.39. The van der Waals surface area contributed by atoms with Crippen molar-refractivity contribution in [3.63, 3.8) is 0 Å². The maximum Gasteiger partial charge on any atom is 0.239 e. The van der Waals surface area contributed by atoms with Gasteiger partial charge in [0.1, 0.15) is 65.2 Å². The van der Waals surface area contributed by atoms with E-state index in [-0.39, 0.29) is 11.1 Å². The Morgan fingerprint density at radius 2 is 1.42 bits per heavy atom. The molecule has 2 fully saturated rings. The van der Waals surface area contributed by atoms with Gasteiger partial charge in [-0.1, -0.05) is 0 Å². The zero-order valence-electron chi connectivity index (χ0n) is 22.3. The molecule has 3 aromatic rings. The second-order valence-electron chi connectivity index (χ2n) is 10.3. The van der Waals surface area contributed by atoms with E-state index in [1.54, 1.807) is 0 Å². The number of aromatic hydroxyl groups is 4. The predicted molar refractivity (Wildman–Crippen MR) is 140 cm³/mol. The van der Waals surface area contributed by atoms with Crippen molar-refractivity contribution in [2.24, 2.45) is 0 Å². The average Bonchev–Trinajstić information content (AvgIpc) is 2.96. The first-order valence-electron chi connectivity index (χ1n) is 13.0. The molecule has 0 unspecified atom stereocenters. The van der Waals surface area contributed by atoms with Crippen molar-refractivity contribution in [2.45, 2.75) is 68.3 Å². The van der Waals surface area contributed by atoms with Gasteiger partial charge in [-0.3, -0.25) is 4.79 Å². The Morgan fingerprint density at radius 1 is 0.744 bits per heavy atom. The van der Waals surface area contributed by atoms with E-state index < -0.39 is 113 Å². The molecule has 1 aromatic heterocycles. The Morgan fingerprint density at radius 3 is 2.12 bits per heavy atom. The van der Waals surface area contributed by atoms with Gasteiger partial charge in [0, 0.05) is 17.7 Å². The van der Waals surface area contributed by atoms with Gasteiger partial charge in [-0.2, -0.15) is 0 Å². The zero-order valence-corrected chi connectivity index (χ0v) is 22.3. The van der Waals surface area contributed by atoms with E-state index in [9.17, 15) is 55.9 Å². The lowest BCUT2D eigenvalue weighted by molar-refractivity contribution is -0.318. The standard InChI is InChI=1S/C27H30O16/c1-8-17(32)20(35)22(37)26(40-8)39-7-15-18(33)21(36)23(38)27(42-15)43-25-19(34)16-13(31)5-10(28)6-14(16)41-24(25)9-2-3-11(29)12(30)4-9/h2-6,8,15,17-18,20-23,26-33,35-38H,7H2,1H3/t8-,15-,17+,18-,20+,21-,22+,23+,26-,27-/m1/s1. The average molecular weight is 611 g/mol. The molecule has 0 saturated carbocycles. The van der Waals surface area contributed by atoms with E-state index in [0.717, 1.165) is 24.3 Å². The number of ether oxygens (including phenoxy) is 4. The smallest absolute Gasteiger partial charge is 0.239 e. The van der Waals surface area contributed by atoms with Crippen LogP contribution >= 0.6 is 0 Å². The van der Waals surface area contributed by atoms with E-state index in [1.807, 2.05) is 0 Å². The van der Waals surface area contributed by atoms with Gasteiger partial charge >= 0.3 is 0 Å². The minimum Gasteiger partial charge on any atom is -0.508 e. The van der Waals surface area contributed by atoms with Gasteiger partial charge in [-0.15, -0.1) is 0 Å². The summed E-state index contributed by atoms with van der Waals surface area (Å²) in [6.07, 6.45) is -16.2. The lowest BCUT2D eigenvalue weighted by atomic mass is 9.98. The molecule has 10 N–H and O–H groups in total. The van der Waals surface area contributed by atoms with E-state index in [0.29, 0.717) is 0 Å². The summed E-state index contributed by atoms with van der Waals surface area (Å²) in [5.41, 5.74) is -1.35. The van der Waals surface area contributed by atoms with Crippen molar-refractivity contribution < 1.29 is 74.4 Å². The van der Waals surface area contributed by atoms with Crippen molar-refractivity contribution in [3.8, 4) is 40.1 Å². The van der Waals surface area contributed by atoms with E-state index >= 15 is 0 Å². The van der Waals surface area contributed by atoms with Crippen LogP contribution in [0.2, 0.25) is 0 Å². The summed E-state index contributed by atoms with van der Waals surface area (Å²) < 4.78 is 27.8. The molecule has 234 valence electrons. The number of phenols is 4. The number of benzene rings is 2. The second kappa shape index (κ2) is 11.8. The van der Waals surface area contributed by atoms with Crippen LogP contribution in [0.4, 0.5) is 0 Å². The molecule has 10 atom stereocenters. The number of fused-ring (bicyclic) bond motifs is 1. The van der Waals surface area contributed by atoms with Crippen LogP contribution in [0, 0.1) is 0 Å². The highest BCUT2D eigenvalue weighted by atomic mass is 16.7. The summed E-state index contributed by atoms with van der Waals surface area (Å²) in [6.45, 7) is 0.818. The molecule has 2 aliphatic rings. The molecule has 0 spiro atoms. The maximum absolute atomic E-state index is 13.6. The van der Waals surface area contributed by atoms with Gasteiger partial charge in [0.25, 0.3) is 0 Å². The van der Waals surface area contributed by atoms with E-state index in [4.69, 9.17) is 23.4 Å². The van der Waals surface area contributed by atoms with E-state index in [1.165, 1.54) is 13.0 Å². The first-order valence-corrected chi connectivity index (χ1v) is 13.0. The topological polar surface area (TPSA) is 269 Å². The molecule has 0 aliphatic carbocycles. The maximum atomic E-state index is 13.6. The first-order chi connectivity index (χ1) is 20.3. The summed E-state index contributed by atoms with van der Waals surface area (Å²) in [5, 5.41) is 101. The highest BCUT2D eigenvalue weighted by Gasteiger charge is 2.47. The molecular weight excluding hydrogens is 580 g/mol. The Balaban J connectivity index is 1.48.